The highest BCUT2D eigenvalue weighted by molar-refractivity contribution is 5.84. The van der Waals surface area contributed by atoms with Crippen molar-refractivity contribution in [3.63, 3.8) is 0 Å². The van der Waals surface area contributed by atoms with Gasteiger partial charge in [0, 0.05) is 13.1 Å². The molecular weight excluding hydrogens is 214 g/mol. The molecule has 0 aliphatic heterocycles. The highest BCUT2D eigenvalue weighted by Crippen LogP contribution is 2.16. The summed E-state index contributed by atoms with van der Waals surface area (Å²) in [7, 11) is 0. The smallest absolute Gasteiger partial charge is 0.237 e. The van der Waals surface area contributed by atoms with Gasteiger partial charge in [0.05, 0.1) is 5.54 Å². The van der Waals surface area contributed by atoms with Gasteiger partial charge in [-0.25, -0.2) is 0 Å². The molecule has 102 valence electrons. The Balaban J connectivity index is 4.30. The molecule has 1 unspecified atom stereocenters. The van der Waals surface area contributed by atoms with Crippen LogP contribution in [0.25, 0.3) is 0 Å². The molecule has 0 rings (SSSR count). The van der Waals surface area contributed by atoms with Gasteiger partial charge in [0.25, 0.3) is 0 Å². The standard InChI is InChI=1S/C13H29N3O/c1-5-9-13(6-2,12(14)17)15-10-11-16(7-3)8-4/h15H,5-11H2,1-4H3,(H2,14,17). The van der Waals surface area contributed by atoms with Crippen molar-refractivity contribution in [1.29, 1.82) is 0 Å². The zero-order valence-electron chi connectivity index (χ0n) is 11.9. The largest absolute Gasteiger partial charge is 0.368 e. The number of likely N-dealkylation sites (N-methyl/N-ethyl adjacent to an activating group) is 1. The molecule has 3 N–H and O–H groups in total. The third-order valence-electron chi connectivity index (χ3n) is 3.54. The molecule has 0 saturated carbocycles. The molecule has 0 aliphatic rings. The minimum Gasteiger partial charge on any atom is -0.368 e. The number of amides is 1. The average molecular weight is 243 g/mol. The molecule has 0 aromatic heterocycles. The second kappa shape index (κ2) is 8.48. The van der Waals surface area contributed by atoms with Crippen LogP contribution in [0.4, 0.5) is 0 Å². The van der Waals surface area contributed by atoms with Crippen LogP contribution in [0, 0.1) is 0 Å². The van der Waals surface area contributed by atoms with Crippen LogP contribution in [0.2, 0.25) is 0 Å². The second-order valence-corrected chi connectivity index (χ2v) is 4.50. The van der Waals surface area contributed by atoms with Gasteiger partial charge in [-0.05, 0) is 25.9 Å². The summed E-state index contributed by atoms with van der Waals surface area (Å²) >= 11 is 0. The molecule has 0 fully saturated rings. The van der Waals surface area contributed by atoms with Crippen LogP contribution in [0.3, 0.4) is 0 Å². The number of nitrogens with two attached hydrogens (primary N) is 1. The summed E-state index contributed by atoms with van der Waals surface area (Å²) in [4.78, 5) is 13.9. The Morgan fingerprint density at radius 1 is 1.24 bits per heavy atom. The van der Waals surface area contributed by atoms with E-state index >= 15 is 0 Å². The first-order valence-corrected chi connectivity index (χ1v) is 6.83. The molecule has 17 heavy (non-hydrogen) atoms. The number of carbonyl (C=O) groups excluding carboxylic acids is 1. The molecule has 1 atom stereocenters. The van der Waals surface area contributed by atoms with Crippen molar-refractivity contribution in [2.24, 2.45) is 5.73 Å². The lowest BCUT2D eigenvalue weighted by atomic mass is 9.90. The van der Waals surface area contributed by atoms with Gasteiger partial charge < -0.3 is 16.0 Å². The van der Waals surface area contributed by atoms with Gasteiger partial charge in [0.2, 0.25) is 5.91 Å². The second-order valence-electron chi connectivity index (χ2n) is 4.50. The molecule has 0 bridgehead atoms. The van der Waals surface area contributed by atoms with E-state index < -0.39 is 5.54 Å². The molecule has 0 spiro atoms. The highest BCUT2D eigenvalue weighted by atomic mass is 16.1. The van der Waals surface area contributed by atoms with Gasteiger partial charge in [-0.1, -0.05) is 34.1 Å². The summed E-state index contributed by atoms with van der Waals surface area (Å²) in [6.45, 7) is 12.3. The van der Waals surface area contributed by atoms with Gasteiger partial charge in [0.15, 0.2) is 0 Å². The fourth-order valence-corrected chi connectivity index (χ4v) is 2.19. The Kier molecular flexibility index (Phi) is 8.17. The topological polar surface area (TPSA) is 58.4 Å². The summed E-state index contributed by atoms with van der Waals surface area (Å²) in [5.74, 6) is -0.221. The Labute approximate surface area is 106 Å². The van der Waals surface area contributed by atoms with Crippen molar-refractivity contribution in [3.05, 3.63) is 0 Å². The fourth-order valence-electron chi connectivity index (χ4n) is 2.19. The first-order valence-electron chi connectivity index (χ1n) is 6.83. The molecule has 0 aliphatic carbocycles. The lowest BCUT2D eigenvalue weighted by molar-refractivity contribution is -0.125. The van der Waals surface area contributed by atoms with Gasteiger partial charge in [-0.15, -0.1) is 0 Å². The Bertz CT molecular complexity index is 217. The molecule has 0 saturated heterocycles. The lowest BCUT2D eigenvalue weighted by Gasteiger charge is -2.31. The van der Waals surface area contributed by atoms with Crippen LogP contribution in [0.15, 0.2) is 0 Å². The quantitative estimate of drug-likeness (QED) is 0.609. The van der Waals surface area contributed by atoms with Crippen LogP contribution in [-0.2, 0) is 4.79 Å². The molecule has 4 nitrogen and oxygen atoms in total. The molecule has 4 heteroatoms. The van der Waals surface area contributed by atoms with E-state index in [1.807, 2.05) is 6.92 Å². The molecule has 0 aromatic rings. The molecule has 0 heterocycles. The minimum absolute atomic E-state index is 0.221. The zero-order chi connectivity index (χ0) is 13.3. The lowest BCUT2D eigenvalue weighted by Crippen LogP contribution is -2.56. The van der Waals surface area contributed by atoms with E-state index in [0.717, 1.165) is 45.4 Å². The maximum atomic E-state index is 11.6. The van der Waals surface area contributed by atoms with Crippen LogP contribution < -0.4 is 11.1 Å². The first-order chi connectivity index (χ1) is 8.06. The first kappa shape index (κ1) is 16.4. The van der Waals surface area contributed by atoms with Crippen molar-refractivity contribution >= 4 is 5.91 Å². The van der Waals surface area contributed by atoms with Crippen LogP contribution in [0.1, 0.15) is 47.0 Å². The van der Waals surface area contributed by atoms with Crippen LogP contribution in [-0.4, -0.2) is 42.5 Å². The van der Waals surface area contributed by atoms with Crippen molar-refractivity contribution < 1.29 is 4.79 Å². The molecule has 0 aromatic carbocycles. The summed E-state index contributed by atoms with van der Waals surface area (Å²) in [6, 6.07) is 0. The monoisotopic (exact) mass is 243 g/mol. The third kappa shape index (κ3) is 5.04. The summed E-state index contributed by atoms with van der Waals surface area (Å²) < 4.78 is 0. The van der Waals surface area contributed by atoms with E-state index in [0.29, 0.717) is 0 Å². The third-order valence-corrected chi connectivity index (χ3v) is 3.54. The van der Waals surface area contributed by atoms with E-state index in [2.05, 4.69) is 31.0 Å². The zero-order valence-corrected chi connectivity index (χ0v) is 11.9. The number of hydrogen-bond donors (Lipinski definition) is 2. The minimum atomic E-state index is -0.512. The van der Waals surface area contributed by atoms with E-state index in [1.165, 1.54) is 0 Å². The Hall–Kier alpha value is -0.610. The Morgan fingerprint density at radius 3 is 2.18 bits per heavy atom. The van der Waals surface area contributed by atoms with Crippen molar-refractivity contribution in [3.8, 4) is 0 Å². The highest BCUT2D eigenvalue weighted by Gasteiger charge is 2.32. The van der Waals surface area contributed by atoms with Gasteiger partial charge in [0.1, 0.15) is 0 Å². The van der Waals surface area contributed by atoms with Gasteiger partial charge in [-0.3, -0.25) is 4.79 Å². The number of rotatable bonds is 10. The maximum absolute atomic E-state index is 11.6. The Morgan fingerprint density at radius 2 is 1.82 bits per heavy atom. The normalized spacial score (nSPS) is 14.9. The van der Waals surface area contributed by atoms with E-state index in [4.69, 9.17) is 5.73 Å². The SMILES string of the molecule is CCCC(CC)(NCCN(CC)CC)C(N)=O. The summed E-state index contributed by atoms with van der Waals surface area (Å²) in [6.07, 6.45) is 2.54. The van der Waals surface area contributed by atoms with E-state index in [1.54, 1.807) is 0 Å². The number of primary amides is 1. The van der Waals surface area contributed by atoms with E-state index in [9.17, 15) is 4.79 Å². The molecule has 0 radical (unpaired) electrons. The van der Waals surface area contributed by atoms with E-state index in [-0.39, 0.29) is 5.91 Å². The number of hydrogen-bond acceptors (Lipinski definition) is 3. The maximum Gasteiger partial charge on any atom is 0.237 e. The van der Waals surface area contributed by atoms with Crippen LogP contribution >= 0.6 is 0 Å². The van der Waals surface area contributed by atoms with Crippen molar-refractivity contribution in [2.75, 3.05) is 26.2 Å². The molecule has 1 amide bonds. The van der Waals surface area contributed by atoms with Crippen molar-refractivity contribution in [1.82, 2.24) is 10.2 Å². The predicted octanol–water partition coefficient (Wildman–Crippen LogP) is 1.35. The number of carbonyl (C=O) groups is 1. The van der Waals surface area contributed by atoms with Gasteiger partial charge in [-0.2, -0.15) is 0 Å². The average Bonchev–Trinajstić information content (AvgIpc) is 2.33. The van der Waals surface area contributed by atoms with Crippen molar-refractivity contribution in [2.45, 2.75) is 52.5 Å². The predicted molar refractivity (Wildman–Crippen MR) is 72.9 cm³/mol. The number of nitrogens with zero attached hydrogens (tertiary/aromatic N) is 1. The summed E-state index contributed by atoms with van der Waals surface area (Å²) in [5, 5.41) is 3.37. The fraction of sp³-hybridized carbons (Fsp3) is 0.923. The molecular formula is C13H29N3O. The number of nitrogens with one attached hydrogen (secondary N) is 1. The summed E-state index contributed by atoms with van der Waals surface area (Å²) in [5.41, 5.74) is 5.02. The van der Waals surface area contributed by atoms with Crippen LogP contribution in [0.5, 0.6) is 0 Å². The van der Waals surface area contributed by atoms with Gasteiger partial charge >= 0.3 is 0 Å².